The fourth-order valence-electron chi connectivity index (χ4n) is 3.93. The van der Waals surface area contributed by atoms with E-state index in [1.54, 1.807) is 18.3 Å². The average molecular weight is 505 g/mol. The number of thioether (sulfide) groups is 1. The van der Waals surface area contributed by atoms with Gasteiger partial charge in [-0.05, 0) is 50.7 Å². The van der Waals surface area contributed by atoms with E-state index in [0.29, 0.717) is 22.3 Å². The van der Waals surface area contributed by atoms with Crippen LogP contribution in [0.25, 0.3) is 11.4 Å². The number of hydrogen-bond acceptors (Lipinski definition) is 8. The van der Waals surface area contributed by atoms with Gasteiger partial charge >= 0.3 is 5.97 Å². The van der Waals surface area contributed by atoms with Crippen LogP contribution in [-0.4, -0.2) is 39.0 Å². The van der Waals surface area contributed by atoms with E-state index in [-0.39, 0.29) is 17.6 Å². The molecule has 0 saturated heterocycles. The van der Waals surface area contributed by atoms with Crippen LogP contribution < -0.4 is 5.32 Å². The van der Waals surface area contributed by atoms with Crippen LogP contribution in [-0.2, 0) is 35.8 Å². The van der Waals surface area contributed by atoms with Crippen LogP contribution in [0.5, 0.6) is 0 Å². The zero-order valence-corrected chi connectivity index (χ0v) is 21.6. The van der Waals surface area contributed by atoms with Crippen LogP contribution in [0.15, 0.2) is 16.6 Å². The molecule has 1 aliphatic rings. The van der Waals surface area contributed by atoms with Crippen LogP contribution in [0, 0.1) is 0 Å². The number of hydrogen-bond donors (Lipinski definition) is 1. The van der Waals surface area contributed by atoms with Crippen molar-refractivity contribution in [1.29, 1.82) is 0 Å². The van der Waals surface area contributed by atoms with Gasteiger partial charge in [-0.3, -0.25) is 4.79 Å². The van der Waals surface area contributed by atoms with E-state index in [9.17, 15) is 9.59 Å². The van der Waals surface area contributed by atoms with Gasteiger partial charge in [-0.2, -0.15) is 0 Å². The Morgan fingerprint density at radius 1 is 1.24 bits per heavy atom. The molecule has 3 heterocycles. The Morgan fingerprint density at radius 2 is 2.06 bits per heavy atom. The summed E-state index contributed by atoms with van der Waals surface area (Å²) in [7, 11) is 1.92. The van der Waals surface area contributed by atoms with Gasteiger partial charge < -0.3 is 14.6 Å². The van der Waals surface area contributed by atoms with Crippen LogP contribution in [0.1, 0.15) is 58.8 Å². The first kappa shape index (κ1) is 24.0. The fraction of sp³-hybridized carbons (Fsp3) is 0.478. The lowest BCUT2D eigenvalue weighted by Gasteiger charge is -2.12. The predicted molar refractivity (Wildman–Crippen MR) is 135 cm³/mol. The van der Waals surface area contributed by atoms with Gasteiger partial charge in [0.2, 0.25) is 5.91 Å². The highest BCUT2D eigenvalue weighted by molar-refractivity contribution is 7.99. The molecule has 0 spiro atoms. The monoisotopic (exact) mass is 504 g/mol. The topological polar surface area (TPSA) is 86.1 Å². The predicted octanol–water partition coefficient (Wildman–Crippen LogP) is 5.34. The molecular formula is C23H28N4O3S3. The van der Waals surface area contributed by atoms with Crippen molar-refractivity contribution >= 4 is 51.3 Å². The van der Waals surface area contributed by atoms with Crippen molar-refractivity contribution in [2.75, 3.05) is 17.7 Å². The fourth-order valence-corrected chi connectivity index (χ4v) is 6.91. The Kier molecular flexibility index (Phi) is 7.87. The third-order valence-electron chi connectivity index (χ3n) is 5.48. The summed E-state index contributed by atoms with van der Waals surface area (Å²) >= 11 is 4.57. The first-order valence-corrected chi connectivity index (χ1v) is 13.9. The van der Waals surface area contributed by atoms with Gasteiger partial charge in [-0.25, -0.2) is 4.79 Å². The summed E-state index contributed by atoms with van der Waals surface area (Å²) in [6, 6.07) is 2.16. The normalized spacial score (nSPS) is 13.1. The first-order valence-electron chi connectivity index (χ1n) is 11.2. The summed E-state index contributed by atoms with van der Waals surface area (Å²) in [5, 5.41) is 15.0. The Bertz CT molecular complexity index is 1150. The van der Waals surface area contributed by atoms with Crippen molar-refractivity contribution in [3.05, 3.63) is 32.3 Å². The number of nitrogens with one attached hydrogen (secondary N) is 1. The molecule has 1 N–H and O–H groups in total. The minimum absolute atomic E-state index is 0.172. The smallest absolute Gasteiger partial charge is 0.341 e. The van der Waals surface area contributed by atoms with Crippen molar-refractivity contribution in [3.8, 4) is 11.4 Å². The highest BCUT2D eigenvalue weighted by atomic mass is 32.2. The molecule has 0 aliphatic heterocycles. The number of fused-ring (bicyclic) bond motifs is 1. The van der Waals surface area contributed by atoms with Crippen molar-refractivity contribution in [2.24, 2.45) is 7.05 Å². The first-order chi connectivity index (χ1) is 16.0. The van der Waals surface area contributed by atoms with Gasteiger partial charge in [-0.15, -0.1) is 32.9 Å². The largest absolute Gasteiger partial charge is 0.462 e. The number of ether oxygens (including phenoxy) is 1. The Balaban J connectivity index is 1.43. The van der Waals surface area contributed by atoms with E-state index < -0.39 is 0 Å². The summed E-state index contributed by atoms with van der Waals surface area (Å²) in [5.74, 6) is 0.458. The molecule has 0 radical (unpaired) electrons. The second kappa shape index (κ2) is 10.8. The zero-order chi connectivity index (χ0) is 23.4. The van der Waals surface area contributed by atoms with E-state index >= 15 is 0 Å². The van der Waals surface area contributed by atoms with E-state index in [0.717, 1.165) is 55.5 Å². The van der Waals surface area contributed by atoms with Crippen molar-refractivity contribution in [3.63, 3.8) is 0 Å². The summed E-state index contributed by atoms with van der Waals surface area (Å²) in [5.41, 5.74) is 2.64. The van der Waals surface area contributed by atoms with Gasteiger partial charge in [0.15, 0.2) is 11.0 Å². The molecule has 0 fully saturated rings. The van der Waals surface area contributed by atoms with Gasteiger partial charge in [0.25, 0.3) is 0 Å². The second-order valence-corrected chi connectivity index (χ2v) is 10.9. The maximum atomic E-state index is 12.8. The number of thiophene rings is 2. The molecule has 3 aromatic rings. The third kappa shape index (κ3) is 5.33. The molecule has 176 valence electrons. The lowest BCUT2D eigenvalue weighted by molar-refractivity contribution is -0.113. The molecule has 0 atom stereocenters. The van der Waals surface area contributed by atoms with Gasteiger partial charge in [0, 0.05) is 27.7 Å². The van der Waals surface area contributed by atoms with Crippen molar-refractivity contribution in [2.45, 2.75) is 57.5 Å². The molecular weight excluding hydrogens is 476 g/mol. The molecule has 4 rings (SSSR count). The molecule has 10 heteroatoms. The summed E-state index contributed by atoms with van der Waals surface area (Å²) < 4.78 is 7.19. The molecule has 0 unspecified atom stereocenters. The minimum atomic E-state index is -0.351. The zero-order valence-electron chi connectivity index (χ0n) is 19.1. The lowest BCUT2D eigenvalue weighted by atomic mass is 9.95. The highest BCUT2D eigenvalue weighted by Gasteiger charge is 2.27. The van der Waals surface area contributed by atoms with Crippen LogP contribution in [0.3, 0.4) is 0 Å². The number of carbonyl (C=O) groups excluding carboxylic acids is 2. The Hall–Kier alpha value is -2.17. The molecule has 33 heavy (non-hydrogen) atoms. The SMILES string of the molecule is CCCc1cc(-c2nnc(SCC(=O)Nc3sc4c(c3C(=O)OCC)CCCC4)n2C)cs1. The number of nitrogens with zero attached hydrogens (tertiary/aromatic N) is 3. The molecule has 1 aliphatic carbocycles. The molecule has 0 bridgehead atoms. The van der Waals surface area contributed by atoms with Gasteiger partial charge in [-0.1, -0.05) is 25.1 Å². The maximum Gasteiger partial charge on any atom is 0.341 e. The Labute approximate surface area is 206 Å². The molecule has 3 aromatic heterocycles. The van der Waals surface area contributed by atoms with E-state index in [2.05, 4.69) is 33.9 Å². The minimum Gasteiger partial charge on any atom is -0.462 e. The molecule has 0 saturated carbocycles. The average Bonchev–Trinajstić information content (AvgIpc) is 3.49. The number of anilines is 1. The van der Waals surface area contributed by atoms with E-state index in [1.807, 2.05) is 11.6 Å². The number of carbonyl (C=O) groups is 2. The van der Waals surface area contributed by atoms with Crippen LogP contribution in [0.4, 0.5) is 5.00 Å². The number of rotatable bonds is 9. The summed E-state index contributed by atoms with van der Waals surface area (Å²) in [6.07, 6.45) is 6.13. The number of aromatic nitrogens is 3. The van der Waals surface area contributed by atoms with Crippen molar-refractivity contribution in [1.82, 2.24) is 14.8 Å². The quantitative estimate of drug-likeness (QED) is 0.313. The highest BCUT2D eigenvalue weighted by Crippen LogP contribution is 2.38. The summed E-state index contributed by atoms with van der Waals surface area (Å²) in [6.45, 7) is 4.27. The Morgan fingerprint density at radius 3 is 2.85 bits per heavy atom. The third-order valence-corrected chi connectivity index (χ3v) is 8.70. The van der Waals surface area contributed by atoms with E-state index in [4.69, 9.17) is 4.74 Å². The molecule has 7 nitrogen and oxygen atoms in total. The summed E-state index contributed by atoms with van der Waals surface area (Å²) in [4.78, 5) is 27.9. The van der Waals surface area contributed by atoms with Crippen LogP contribution in [0.2, 0.25) is 0 Å². The molecule has 1 amide bonds. The van der Waals surface area contributed by atoms with Gasteiger partial charge in [0.1, 0.15) is 5.00 Å². The molecule has 0 aromatic carbocycles. The lowest BCUT2D eigenvalue weighted by Crippen LogP contribution is -2.17. The van der Waals surface area contributed by atoms with Crippen molar-refractivity contribution < 1.29 is 14.3 Å². The standard InChI is InChI=1S/C23H28N4O3S3/c1-4-8-15-11-14(12-31-15)20-25-26-23(27(20)3)32-13-18(28)24-21-19(22(29)30-5-2)16-9-6-7-10-17(16)33-21/h11-12H,4-10,13H2,1-3H3,(H,24,28). The van der Waals surface area contributed by atoms with Gasteiger partial charge in [0.05, 0.1) is 17.9 Å². The number of esters is 1. The second-order valence-electron chi connectivity index (χ2n) is 7.89. The number of amides is 1. The number of aryl methyl sites for hydroxylation is 2. The van der Waals surface area contributed by atoms with Crippen LogP contribution >= 0.6 is 34.4 Å². The van der Waals surface area contributed by atoms with E-state index in [1.165, 1.54) is 32.9 Å². The maximum absolute atomic E-state index is 12.8.